The van der Waals surface area contributed by atoms with E-state index in [0.29, 0.717) is 6.42 Å². The summed E-state index contributed by atoms with van der Waals surface area (Å²) >= 11 is 0. The number of carbonyl (C=O) groups excluding carboxylic acids is 2. The van der Waals surface area contributed by atoms with Gasteiger partial charge in [0.1, 0.15) is 6.61 Å². The van der Waals surface area contributed by atoms with Crippen LogP contribution in [0, 0.1) is 0 Å². The van der Waals surface area contributed by atoms with Gasteiger partial charge in [0, 0.05) is 19.4 Å². The van der Waals surface area contributed by atoms with Crippen molar-refractivity contribution in [2.24, 2.45) is 5.73 Å². The highest BCUT2D eigenvalue weighted by Gasteiger charge is 2.26. The number of ether oxygens (including phenoxy) is 2. The van der Waals surface area contributed by atoms with Crippen molar-refractivity contribution in [3.05, 3.63) is 182 Å². The van der Waals surface area contributed by atoms with E-state index in [1.807, 2.05) is 0 Å². The maximum absolute atomic E-state index is 12.8. The Kier molecular flexibility index (Phi) is 80.0. The smallest absolute Gasteiger partial charge is 0.462 e. The summed E-state index contributed by atoms with van der Waals surface area (Å²) in [4.78, 5) is 35.5. The van der Waals surface area contributed by atoms with Gasteiger partial charge in [0.05, 0.1) is 13.2 Å². The van der Waals surface area contributed by atoms with E-state index in [-0.39, 0.29) is 38.6 Å². The Labute approximate surface area is 622 Å². The second kappa shape index (κ2) is 84.1. The van der Waals surface area contributed by atoms with E-state index in [4.69, 9.17) is 24.3 Å². The van der Waals surface area contributed by atoms with E-state index in [1.165, 1.54) is 173 Å². The van der Waals surface area contributed by atoms with Gasteiger partial charge in [0.25, 0.3) is 0 Å². The summed E-state index contributed by atoms with van der Waals surface area (Å²) in [6.45, 7) is 3.53. The maximum atomic E-state index is 12.8. The largest absolute Gasteiger partial charge is 0.472 e. The Bertz CT molecular complexity index is 2330. The highest BCUT2D eigenvalue weighted by molar-refractivity contribution is 7.47. The Morgan fingerprint density at radius 3 is 0.762 bits per heavy atom. The molecule has 0 radical (unpaired) electrons. The number of nitrogens with two attached hydrogens (primary N) is 1. The fourth-order valence-electron chi connectivity index (χ4n) is 11.3. The standard InChI is InChI=1S/C91H152NO8P/c1-3-5-7-9-11-13-15-17-19-21-23-25-27-29-31-33-35-37-39-41-43-44-46-47-49-51-53-55-57-59-61-63-65-67-69-71-73-75-77-79-81-83-90(93)97-87-89(88-99-101(95,96)98-86-85-92)100-91(94)84-82-80-78-76-74-72-70-68-66-64-62-60-58-56-54-52-50-48-45-42-40-38-36-34-32-30-28-26-24-22-20-18-16-14-12-10-8-6-4-2/h5-8,11-14,17-20,23-26,29-32,35-38,42,45,50,52,56,58,89H,3-4,9-10,15-16,21-22,27-28,33-34,39-41,43-44,46-49,51,53-55,57,59-88,92H2,1-2H3,(H,95,96)/b7-5-,8-6-,13-11-,14-12-,19-17-,20-18-,25-23-,26-24-,31-29-,32-30-,37-35-,38-36-,45-42-,52-50-,58-56-. The van der Waals surface area contributed by atoms with Crippen molar-refractivity contribution in [1.82, 2.24) is 0 Å². The summed E-state index contributed by atoms with van der Waals surface area (Å²) in [5, 5.41) is 0. The Morgan fingerprint density at radius 1 is 0.297 bits per heavy atom. The number of hydrogen-bond acceptors (Lipinski definition) is 8. The molecule has 0 rings (SSSR count). The van der Waals surface area contributed by atoms with Gasteiger partial charge in [0.15, 0.2) is 6.10 Å². The van der Waals surface area contributed by atoms with E-state index < -0.39 is 26.5 Å². The molecule has 0 aromatic rings. The first-order valence-corrected chi connectivity index (χ1v) is 42.8. The molecule has 0 spiro atoms. The lowest BCUT2D eigenvalue weighted by atomic mass is 10.0. The third kappa shape index (κ3) is 83.9. The highest BCUT2D eigenvalue weighted by atomic mass is 31.2. The molecule has 0 fully saturated rings. The zero-order valence-electron chi connectivity index (χ0n) is 64.8. The fourth-order valence-corrected chi connectivity index (χ4v) is 12.0. The molecule has 101 heavy (non-hydrogen) atoms. The third-order valence-electron chi connectivity index (χ3n) is 17.3. The van der Waals surface area contributed by atoms with Crippen LogP contribution in [0.15, 0.2) is 182 Å². The fraction of sp³-hybridized carbons (Fsp3) is 0.648. The molecule has 0 aliphatic carbocycles. The molecule has 10 heteroatoms. The van der Waals surface area contributed by atoms with Crippen LogP contribution in [0.4, 0.5) is 0 Å². The summed E-state index contributed by atoms with van der Waals surface area (Å²) in [7, 11) is -4.41. The molecule has 3 N–H and O–H groups in total. The number of phosphoric acid groups is 1. The normalized spacial score (nSPS) is 13.8. The van der Waals surface area contributed by atoms with Crippen molar-refractivity contribution in [3.63, 3.8) is 0 Å². The lowest BCUT2D eigenvalue weighted by molar-refractivity contribution is -0.161. The molecule has 0 aromatic carbocycles. The molecular formula is C91H152NO8P. The predicted octanol–water partition coefficient (Wildman–Crippen LogP) is 28.2. The minimum absolute atomic E-state index is 0.0474. The summed E-state index contributed by atoms with van der Waals surface area (Å²) in [6, 6.07) is 0. The van der Waals surface area contributed by atoms with E-state index in [1.54, 1.807) is 0 Å². The van der Waals surface area contributed by atoms with Crippen LogP contribution in [-0.2, 0) is 32.7 Å². The van der Waals surface area contributed by atoms with Crippen LogP contribution < -0.4 is 5.73 Å². The SMILES string of the molecule is CC/C=C\C/C=C\C/C=C\C/C=C\C/C=C\C/C=C\C/C=C\C/C=C\C/C=C\CCCCCCCCCCCCCC(=O)OC(COC(=O)CCCCCCCCCCCCCCCCCCCCCCCC/C=C\C/C=C\C/C=C\C/C=C\C/C=C\C/C=C\CC)COP(=O)(O)OCCN. The molecular weight excluding hydrogens is 1270 g/mol. The minimum atomic E-state index is -4.41. The maximum Gasteiger partial charge on any atom is 0.472 e. The lowest BCUT2D eigenvalue weighted by Gasteiger charge is -2.19. The van der Waals surface area contributed by atoms with E-state index in [0.717, 1.165) is 141 Å². The highest BCUT2D eigenvalue weighted by Crippen LogP contribution is 2.43. The van der Waals surface area contributed by atoms with Gasteiger partial charge in [-0.2, -0.15) is 0 Å². The second-order valence-electron chi connectivity index (χ2n) is 26.9. The number of carbonyl (C=O) groups is 2. The van der Waals surface area contributed by atoms with Crippen molar-refractivity contribution in [2.75, 3.05) is 26.4 Å². The summed E-state index contributed by atoms with van der Waals surface area (Å²) in [5.74, 6) is -0.827. The van der Waals surface area contributed by atoms with Gasteiger partial charge in [-0.25, -0.2) is 4.57 Å². The molecule has 0 saturated heterocycles. The molecule has 0 aliphatic rings. The van der Waals surface area contributed by atoms with Crippen LogP contribution in [0.2, 0.25) is 0 Å². The van der Waals surface area contributed by atoms with Gasteiger partial charge >= 0.3 is 19.8 Å². The van der Waals surface area contributed by atoms with Crippen LogP contribution >= 0.6 is 7.82 Å². The van der Waals surface area contributed by atoms with Crippen molar-refractivity contribution in [3.8, 4) is 0 Å². The number of allylic oxidation sites excluding steroid dienone is 30. The first kappa shape index (κ1) is 96.1. The zero-order valence-corrected chi connectivity index (χ0v) is 65.7. The van der Waals surface area contributed by atoms with Gasteiger partial charge in [-0.1, -0.05) is 382 Å². The quantitative estimate of drug-likeness (QED) is 0.0264. The number of esters is 2. The number of unbranched alkanes of at least 4 members (excludes halogenated alkanes) is 33. The van der Waals surface area contributed by atoms with Crippen LogP contribution in [0.3, 0.4) is 0 Å². The Morgan fingerprint density at radius 2 is 0.515 bits per heavy atom. The lowest BCUT2D eigenvalue weighted by Crippen LogP contribution is -2.29. The van der Waals surface area contributed by atoms with E-state index >= 15 is 0 Å². The Hall–Kier alpha value is -4.89. The third-order valence-corrected chi connectivity index (χ3v) is 18.3. The minimum Gasteiger partial charge on any atom is -0.462 e. The van der Waals surface area contributed by atoms with Crippen molar-refractivity contribution in [2.45, 2.75) is 354 Å². The zero-order chi connectivity index (χ0) is 72.9. The monoisotopic (exact) mass is 1420 g/mol. The summed E-state index contributed by atoms with van der Waals surface area (Å²) in [6.07, 6.45) is 126. The van der Waals surface area contributed by atoms with Gasteiger partial charge < -0.3 is 20.1 Å². The van der Waals surface area contributed by atoms with Gasteiger partial charge in [0.2, 0.25) is 0 Å². The average Bonchev–Trinajstić information content (AvgIpc) is 1.01. The molecule has 2 atom stereocenters. The molecule has 0 aromatic heterocycles. The molecule has 0 amide bonds. The topological polar surface area (TPSA) is 134 Å². The molecule has 0 saturated carbocycles. The average molecular weight is 1420 g/mol. The second-order valence-corrected chi connectivity index (χ2v) is 28.3. The molecule has 2 unspecified atom stereocenters. The summed E-state index contributed by atoms with van der Waals surface area (Å²) < 4.78 is 33.3. The van der Waals surface area contributed by atoms with Crippen molar-refractivity contribution < 1.29 is 37.6 Å². The van der Waals surface area contributed by atoms with Crippen LogP contribution in [0.25, 0.3) is 0 Å². The van der Waals surface area contributed by atoms with Crippen LogP contribution in [0.5, 0.6) is 0 Å². The number of rotatable bonds is 76. The van der Waals surface area contributed by atoms with E-state index in [9.17, 15) is 19.0 Å². The Balaban J connectivity index is 3.85. The number of phosphoric ester groups is 1. The van der Waals surface area contributed by atoms with Crippen LogP contribution in [0.1, 0.15) is 348 Å². The summed E-state index contributed by atoms with van der Waals surface area (Å²) in [5.41, 5.74) is 5.42. The molecule has 0 heterocycles. The molecule has 0 aliphatic heterocycles. The van der Waals surface area contributed by atoms with Crippen LogP contribution in [-0.4, -0.2) is 49.3 Å². The van der Waals surface area contributed by atoms with Gasteiger partial charge in [-0.3, -0.25) is 18.6 Å². The molecule has 0 bridgehead atoms. The number of hydrogen-bond donors (Lipinski definition) is 2. The van der Waals surface area contributed by atoms with E-state index in [2.05, 4.69) is 196 Å². The predicted molar refractivity (Wildman–Crippen MR) is 440 cm³/mol. The first-order valence-electron chi connectivity index (χ1n) is 41.3. The molecule has 574 valence electrons. The first-order chi connectivity index (χ1) is 49.8. The van der Waals surface area contributed by atoms with Gasteiger partial charge in [-0.15, -0.1) is 0 Å². The molecule has 9 nitrogen and oxygen atoms in total. The van der Waals surface area contributed by atoms with Gasteiger partial charge in [-0.05, 0) is 135 Å². The van der Waals surface area contributed by atoms with Crippen molar-refractivity contribution in [1.29, 1.82) is 0 Å². The van der Waals surface area contributed by atoms with Crippen molar-refractivity contribution >= 4 is 19.8 Å².